The summed E-state index contributed by atoms with van der Waals surface area (Å²) in [5.74, 6) is -0.766. The topological polar surface area (TPSA) is 86.8 Å². The molecule has 9 heteroatoms. The van der Waals surface area contributed by atoms with Crippen LogP contribution in [0, 0.1) is 6.92 Å². The lowest BCUT2D eigenvalue weighted by atomic mass is 10.1. The van der Waals surface area contributed by atoms with Crippen molar-refractivity contribution in [1.82, 2.24) is 10.2 Å². The third-order valence-corrected chi connectivity index (χ3v) is 6.58. The fourth-order valence-electron chi connectivity index (χ4n) is 3.37. The Morgan fingerprint density at radius 2 is 1.82 bits per heavy atom. The normalized spacial score (nSPS) is 12.2. The smallest absolute Gasteiger partial charge is 0.244 e. The molecule has 180 valence electrons. The molecule has 1 atom stereocenters. The highest BCUT2D eigenvalue weighted by molar-refractivity contribution is 7.92. The molecule has 2 amide bonds. The highest BCUT2D eigenvalue weighted by Gasteiger charge is 2.30. The van der Waals surface area contributed by atoms with Crippen LogP contribution >= 0.6 is 11.6 Å². The average Bonchev–Trinajstić information content (AvgIpc) is 2.74. The molecule has 0 fully saturated rings. The number of anilines is 1. The predicted octanol–water partition coefficient (Wildman–Crippen LogP) is 3.75. The van der Waals surface area contributed by atoms with Crippen LogP contribution in [0.25, 0.3) is 0 Å². The van der Waals surface area contributed by atoms with Crippen LogP contribution < -0.4 is 9.62 Å². The Balaban J connectivity index is 2.34. The molecule has 0 saturated carbocycles. The van der Waals surface area contributed by atoms with Crippen molar-refractivity contribution in [2.24, 2.45) is 0 Å². The van der Waals surface area contributed by atoms with Gasteiger partial charge in [0, 0.05) is 18.1 Å². The molecule has 2 rings (SSSR count). The molecule has 2 aromatic rings. The zero-order chi connectivity index (χ0) is 24.6. The van der Waals surface area contributed by atoms with Gasteiger partial charge in [-0.15, -0.1) is 0 Å². The van der Waals surface area contributed by atoms with Crippen molar-refractivity contribution in [3.05, 3.63) is 64.7 Å². The number of sulfonamides is 1. The fourth-order valence-corrected chi connectivity index (χ4v) is 4.40. The fraction of sp³-hybridized carbons (Fsp3) is 0.417. The molecule has 0 bridgehead atoms. The van der Waals surface area contributed by atoms with Gasteiger partial charge in [-0.2, -0.15) is 0 Å². The lowest BCUT2D eigenvalue weighted by Gasteiger charge is -2.31. The van der Waals surface area contributed by atoms with Crippen LogP contribution in [0.15, 0.2) is 48.5 Å². The maximum Gasteiger partial charge on any atom is 0.244 e. The minimum atomic E-state index is -3.78. The SMILES string of the molecule is CCCCNC(=O)C(C)N(Cc1cccc(C)c1)C(=O)CN(c1cccc(Cl)c1)S(C)(=O)=O. The van der Waals surface area contributed by atoms with Crippen molar-refractivity contribution in [1.29, 1.82) is 0 Å². The summed E-state index contributed by atoms with van der Waals surface area (Å²) in [6.45, 7) is 5.87. The number of rotatable bonds is 11. The summed E-state index contributed by atoms with van der Waals surface area (Å²) in [6, 6.07) is 13.2. The van der Waals surface area contributed by atoms with E-state index in [1.165, 1.54) is 11.0 Å². The second kappa shape index (κ2) is 12.0. The summed E-state index contributed by atoms with van der Waals surface area (Å²) in [5.41, 5.74) is 2.16. The van der Waals surface area contributed by atoms with E-state index in [4.69, 9.17) is 11.6 Å². The van der Waals surface area contributed by atoms with Crippen LogP contribution in [-0.2, 0) is 26.2 Å². The van der Waals surface area contributed by atoms with E-state index in [1.54, 1.807) is 25.1 Å². The predicted molar refractivity (Wildman–Crippen MR) is 133 cm³/mol. The largest absolute Gasteiger partial charge is 0.354 e. The number of amides is 2. The highest BCUT2D eigenvalue weighted by atomic mass is 35.5. The van der Waals surface area contributed by atoms with Gasteiger partial charge < -0.3 is 10.2 Å². The first-order valence-corrected chi connectivity index (χ1v) is 13.1. The third kappa shape index (κ3) is 8.05. The molecule has 1 N–H and O–H groups in total. The molecular weight excluding hydrogens is 462 g/mol. The lowest BCUT2D eigenvalue weighted by molar-refractivity contribution is -0.139. The second-order valence-corrected chi connectivity index (χ2v) is 10.4. The van der Waals surface area contributed by atoms with Gasteiger partial charge in [-0.05, 0) is 44.0 Å². The minimum absolute atomic E-state index is 0.177. The number of hydrogen-bond donors (Lipinski definition) is 1. The van der Waals surface area contributed by atoms with Gasteiger partial charge in [0.25, 0.3) is 0 Å². The summed E-state index contributed by atoms with van der Waals surface area (Å²) in [4.78, 5) is 27.6. The highest BCUT2D eigenvalue weighted by Crippen LogP contribution is 2.22. The Bertz CT molecular complexity index is 1070. The Labute approximate surface area is 201 Å². The maximum atomic E-state index is 13.4. The zero-order valence-corrected chi connectivity index (χ0v) is 21.1. The number of halogens is 1. The number of nitrogens with one attached hydrogen (secondary N) is 1. The summed E-state index contributed by atoms with van der Waals surface area (Å²) in [6.07, 6.45) is 2.80. The first-order valence-electron chi connectivity index (χ1n) is 10.9. The third-order valence-electron chi connectivity index (χ3n) is 5.21. The van der Waals surface area contributed by atoms with E-state index in [0.717, 1.165) is 34.5 Å². The molecule has 0 aliphatic rings. The summed E-state index contributed by atoms with van der Waals surface area (Å²) >= 11 is 6.04. The van der Waals surface area contributed by atoms with Crippen molar-refractivity contribution in [3.63, 3.8) is 0 Å². The Kier molecular flexibility index (Phi) is 9.73. The van der Waals surface area contributed by atoms with E-state index in [0.29, 0.717) is 11.6 Å². The number of aryl methyl sites for hydroxylation is 1. The van der Waals surface area contributed by atoms with Crippen LogP contribution in [0.5, 0.6) is 0 Å². The summed E-state index contributed by atoms with van der Waals surface area (Å²) in [7, 11) is -3.78. The van der Waals surface area contributed by atoms with Gasteiger partial charge in [0.05, 0.1) is 11.9 Å². The molecule has 1 unspecified atom stereocenters. The molecule has 7 nitrogen and oxygen atoms in total. The molecule has 0 aliphatic carbocycles. The van der Waals surface area contributed by atoms with Gasteiger partial charge in [0.2, 0.25) is 21.8 Å². The van der Waals surface area contributed by atoms with Crippen LogP contribution in [0.4, 0.5) is 5.69 Å². The van der Waals surface area contributed by atoms with Crippen LogP contribution in [0.1, 0.15) is 37.8 Å². The Hall–Kier alpha value is -2.58. The summed E-state index contributed by atoms with van der Waals surface area (Å²) in [5, 5.41) is 3.21. The molecule has 0 radical (unpaired) electrons. The molecule has 33 heavy (non-hydrogen) atoms. The van der Waals surface area contributed by atoms with E-state index >= 15 is 0 Å². The number of hydrogen-bond acceptors (Lipinski definition) is 4. The van der Waals surface area contributed by atoms with Crippen LogP contribution in [0.3, 0.4) is 0 Å². The number of carbonyl (C=O) groups excluding carboxylic acids is 2. The molecule has 0 aromatic heterocycles. The van der Waals surface area contributed by atoms with E-state index in [-0.39, 0.29) is 18.1 Å². The van der Waals surface area contributed by atoms with E-state index in [1.807, 2.05) is 38.1 Å². The quantitative estimate of drug-likeness (QED) is 0.483. The maximum absolute atomic E-state index is 13.4. The van der Waals surface area contributed by atoms with Crippen LogP contribution in [0.2, 0.25) is 5.02 Å². The molecule has 0 spiro atoms. The first kappa shape index (κ1) is 26.7. The van der Waals surface area contributed by atoms with Gasteiger partial charge in [0.1, 0.15) is 12.6 Å². The van der Waals surface area contributed by atoms with Crippen molar-refractivity contribution >= 4 is 39.1 Å². The van der Waals surface area contributed by atoms with Gasteiger partial charge in [-0.1, -0.05) is 60.8 Å². The number of benzene rings is 2. The van der Waals surface area contributed by atoms with E-state index in [2.05, 4.69) is 5.32 Å². The Morgan fingerprint density at radius 3 is 2.42 bits per heavy atom. The van der Waals surface area contributed by atoms with Gasteiger partial charge in [-0.3, -0.25) is 13.9 Å². The zero-order valence-electron chi connectivity index (χ0n) is 19.5. The minimum Gasteiger partial charge on any atom is -0.354 e. The standard InChI is InChI=1S/C24H32ClN3O4S/c1-5-6-13-26-24(30)19(3)27(16-20-10-7-9-18(2)14-20)23(29)17-28(33(4,31)32)22-12-8-11-21(25)15-22/h7-12,14-15,19H,5-6,13,16-17H2,1-4H3,(H,26,30). The molecule has 0 heterocycles. The van der Waals surface area contributed by atoms with Crippen molar-refractivity contribution in [3.8, 4) is 0 Å². The van der Waals surface area contributed by atoms with Gasteiger partial charge >= 0.3 is 0 Å². The van der Waals surface area contributed by atoms with Crippen molar-refractivity contribution in [2.75, 3.05) is 23.7 Å². The van der Waals surface area contributed by atoms with E-state index in [9.17, 15) is 18.0 Å². The molecule has 0 aliphatic heterocycles. The number of unbranched alkanes of at least 4 members (excludes halogenated alkanes) is 1. The van der Waals surface area contributed by atoms with Crippen molar-refractivity contribution < 1.29 is 18.0 Å². The van der Waals surface area contributed by atoms with Gasteiger partial charge in [0.15, 0.2) is 0 Å². The monoisotopic (exact) mass is 493 g/mol. The lowest BCUT2D eigenvalue weighted by Crippen LogP contribution is -2.51. The molecule has 2 aromatic carbocycles. The second-order valence-electron chi connectivity index (χ2n) is 8.08. The van der Waals surface area contributed by atoms with Crippen molar-refractivity contribution in [2.45, 2.75) is 46.2 Å². The summed E-state index contributed by atoms with van der Waals surface area (Å²) < 4.78 is 26.0. The Morgan fingerprint density at radius 1 is 1.12 bits per heavy atom. The number of carbonyl (C=O) groups is 2. The average molecular weight is 494 g/mol. The van der Waals surface area contributed by atoms with Crippen LogP contribution in [-0.4, -0.2) is 50.5 Å². The first-order chi connectivity index (χ1) is 15.5. The van der Waals surface area contributed by atoms with Gasteiger partial charge in [-0.25, -0.2) is 8.42 Å². The number of nitrogens with zero attached hydrogens (tertiary/aromatic N) is 2. The molecular formula is C24H32ClN3O4S. The molecule has 0 saturated heterocycles. The van der Waals surface area contributed by atoms with E-state index < -0.39 is 28.5 Å².